The molecular formula is C24H21N3O3. The normalized spacial score (nSPS) is 13.6. The van der Waals surface area contributed by atoms with Crippen LogP contribution in [0, 0.1) is 0 Å². The van der Waals surface area contributed by atoms with Gasteiger partial charge in [-0.05, 0) is 53.9 Å². The van der Waals surface area contributed by atoms with Crippen LogP contribution in [-0.4, -0.2) is 16.9 Å². The second-order valence-electron chi connectivity index (χ2n) is 7.15. The van der Waals surface area contributed by atoms with Crippen LogP contribution in [0.5, 0.6) is 5.75 Å². The predicted molar refractivity (Wildman–Crippen MR) is 118 cm³/mol. The second-order valence-corrected chi connectivity index (χ2v) is 7.15. The van der Waals surface area contributed by atoms with Crippen LogP contribution in [0.1, 0.15) is 23.6 Å². The van der Waals surface area contributed by atoms with Crippen molar-refractivity contribution in [3.05, 3.63) is 89.6 Å². The number of anilines is 3. The van der Waals surface area contributed by atoms with Gasteiger partial charge in [-0.2, -0.15) is 0 Å². The maximum Gasteiger partial charge on any atom is 0.257 e. The van der Waals surface area contributed by atoms with Crippen molar-refractivity contribution in [1.82, 2.24) is 0 Å². The van der Waals surface area contributed by atoms with E-state index in [1.54, 1.807) is 24.4 Å². The number of rotatable bonds is 5. The molecule has 1 aliphatic heterocycles. The first kappa shape index (κ1) is 19.3. The molecule has 0 saturated carbocycles. The maximum atomic E-state index is 12.4. The molecule has 3 aromatic rings. The molecule has 0 fully saturated rings. The summed E-state index contributed by atoms with van der Waals surface area (Å²) in [5, 5.41) is 18.3. The molecule has 4 rings (SSSR count). The Kier molecular flexibility index (Phi) is 5.22. The van der Waals surface area contributed by atoms with E-state index in [1.165, 1.54) is 6.92 Å². The molecule has 0 aliphatic carbocycles. The summed E-state index contributed by atoms with van der Waals surface area (Å²) in [7, 11) is 0. The third-order valence-corrected chi connectivity index (χ3v) is 4.75. The Balaban J connectivity index is 1.57. The highest BCUT2D eigenvalue weighted by atomic mass is 16.3. The Bertz CT molecular complexity index is 1170. The van der Waals surface area contributed by atoms with Gasteiger partial charge in [0.1, 0.15) is 5.75 Å². The number of phenolic OH excluding ortho intramolecular Hbond substituents is 1. The van der Waals surface area contributed by atoms with Crippen molar-refractivity contribution in [2.24, 2.45) is 0 Å². The van der Waals surface area contributed by atoms with Crippen molar-refractivity contribution in [2.75, 3.05) is 16.0 Å². The number of carbonyl (C=O) groups excluding carboxylic acids is 2. The third kappa shape index (κ3) is 4.33. The van der Waals surface area contributed by atoms with Crippen LogP contribution >= 0.6 is 0 Å². The average Bonchev–Trinajstić information content (AvgIpc) is 3.01. The SMILES string of the molecule is CC(=O)Nc1cccc(Cc2ccc3c(c2)C(=CNc2cccc(O)c2)C(=O)N3)c1. The van der Waals surface area contributed by atoms with Crippen LogP contribution in [0.3, 0.4) is 0 Å². The number of nitrogens with one attached hydrogen (secondary N) is 3. The lowest BCUT2D eigenvalue weighted by Crippen LogP contribution is -2.05. The highest BCUT2D eigenvalue weighted by molar-refractivity contribution is 6.31. The quantitative estimate of drug-likeness (QED) is 0.480. The molecule has 1 heterocycles. The van der Waals surface area contributed by atoms with Crippen LogP contribution < -0.4 is 16.0 Å². The summed E-state index contributed by atoms with van der Waals surface area (Å²) in [6.45, 7) is 1.48. The summed E-state index contributed by atoms with van der Waals surface area (Å²) in [5.74, 6) is -0.135. The Morgan fingerprint density at radius 3 is 2.57 bits per heavy atom. The Morgan fingerprint density at radius 2 is 1.77 bits per heavy atom. The molecule has 30 heavy (non-hydrogen) atoms. The molecule has 0 spiro atoms. The molecule has 1 aliphatic rings. The summed E-state index contributed by atoms with van der Waals surface area (Å²) < 4.78 is 0. The van der Waals surface area contributed by atoms with Crippen molar-refractivity contribution in [2.45, 2.75) is 13.3 Å². The first-order chi connectivity index (χ1) is 14.5. The molecule has 4 N–H and O–H groups in total. The topological polar surface area (TPSA) is 90.5 Å². The molecule has 0 unspecified atom stereocenters. The van der Waals surface area contributed by atoms with E-state index in [4.69, 9.17) is 0 Å². The van der Waals surface area contributed by atoms with Crippen molar-refractivity contribution in [1.29, 1.82) is 0 Å². The molecule has 0 atom stereocenters. The molecule has 0 saturated heterocycles. The fraction of sp³-hybridized carbons (Fsp3) is 0.0833. The van der Waals surface area contributed by atoms with Crippen molar-refractivity contribution in [3.63, 3.8) is 0 Å². The second kappa shape index (κ2) is 8.13. The molecule has 3 aromatic carbocycles. The van der Waals surface area contributed by atoms with E-state index in [1.807, 2.05) is 48.5 Å². The Labute approximate surface area is 174 Å². The lowest BCUT2D eigenvalue weighted by atomic mass is 9.99. The lowest BCUT2D eigenvalue weighted by Gasteiger charge is -2.08. The van der Waals surface area contributed by atoms with Gasteiger partial charge in [-0.3, -0.25) is 9.59 Å². The minimum atomic E-state index is -0.178. The Morgan fingerprint density at radius 1 is 1.00 bits per heavy atom. The van der Waals surface area contributed by atoms with Crippen molar-refractivity contribution >= 4 is 34.4 Å². The van der Waals surface area contributed by atoms with Gasteiger partial charge in [-0.15, -0.1) is 0 Å². The summed E-state index contributed by atoms with van der Waals surface area (Å²) in [5.41, 5.74) is 5.67. The fourth-order valence-corrected chi connectivity index (χ4v) is 3.44. The van der Waals surface area contributed by atoms with E-state index in [-0.39, 0.29) is 17.6 Å². The predicted octanol–water partition coefficient (Wildman–Crippen LogP) is 4.35. The number of benzene rings is 3. The van der Waals surface area contributed by atoms with E-state index in [2.05, 4.69) is 16.0 Å². The first-order valence-corrected chi connectivity index (χ1v) is 9.55. The van der Waals surface area contributed by atoms with Gasteiger partial charge in [0.25, 0.3) is 5.91 Å². The Hall–Kier alpha value is -4.06. The van der Waals surface area contributed by atoms with Crippen LogP contribution in [-0.2, 0) is 16.0 Å². The van der Waals surface area contributed by atoms with Crippen molar-refractivity contribution in [3.8, 4) is 5.75 Å². The fourth-order valence-electron chi connectivity index (χ4n) is 3.44. The van der Waals surface area contributed by atoms with Crippen LogP contribution in [0.4, 0.5) is 17.1 Å². The number of carbonyl (C=O) groups is 2. The monoisotopic (exact) mass is 399 g/mol. The summed E-state index contributed by atoms with van der Waals surface area (Å²) in [6, 6.07) is 20.3. The molecule has 2 amide bonds. The van der Waals surface area contributed by atoms with E-state index < -0.39 is 0 Å². The van der Waals surface area contributed by atoms with Crippen LogP contribution in [0.25, 0.3) is 5.57 Å². The van der Waals surface area contributed by atoms with Gasteiger partial charge in [-0.1, -0.05) is 24.3 Å². The van der Waals surface area contributed by atoms with E-state index in [0.717, 1.165) is 28.1 Å². The van der Waals surface area contributed by atoms with Gasteiger partial charge in [0.15, 0.2) is 0 Å². The molecular weight excluding hydrogens is 378 g/mol. The number of hydrogen-bond acceptors (Lipinski definition) is 4. The van der Waals surface area contributed by atoms with Gasteiger partial charge in [0, 0.05) is 41.8 Å². The maximum absolute atomic E-state index is 12.4. The average molecular weight is 399 g/mol. The molecule has 150 valence electrons. The molecule has 0 aromatic heterocycles. The molecule has 0 radical (unpaired) electrons. The summed E-state index contributed by atoms with van der Waals surface area (Å²) in [6.07, 6.45) is 2.32. The van der Waals surface area contributed by atoms with Gasteiger partial charge in [-0.25, -0.2) is 0 Å². The summed E-state index contributed by atoms with van der Waals surface area (Å²) >= 11 is 0. The number of amides is 2. The number of fused-ring (bicyclic) bond motifs is 1. The number of phenols is 1. The summed E-state index contributed by atoms with van der Waals surface area (Å²) in [4.78, 5) is 23.7. The molecule has 0 bridgehead atoms. The van der Waals surface area contributed by atoms with Gasteiger partial charge >= 0.3 is 0 Å². The zero-order valence-corrected chi connectivity index (χ0v) is 16.4. The van der Waals surface area contributed by atoms with E-state index in [0.29, 0.717) is 17.7 Å². The van der Waals surface area contributed by atoms with Crippen molar-refractivity contribution < 1.29 is 14.7 Å². The third-order valence-electron chi connectivity index (χ3n) is 4.75. The highest BCUT2D eigenvalue weighted by Gasteiger charge is 2.24. The number of aromatic hydroxyl groups is 1. The molecule has 6 nitrogen and oxygen atoms in total. The van der Waals surface area contributed by atoms with Gasteiger partial charge in [0.2, 0.25) is 5.91 Å². The number of hydrogen-bond donors (Lipinski definition) is 4. The minimum absolute atomic E-state index is 0.108. The van der Waals surface area contributed by atoms with Gasteiger partial charge in [0.05, 0.1) is 5.57 Å². The molecule has 6 heteroatoms. The van der Waals surface area contributed by atoms with Gasteiger partial charge < -0.3 is 21.1 Å². The standard InChI is InChI=1S/C24H21N3O3/c1-15(28)26-19-6-2-4-16(11-19)10-17-8-9-23-21(12-17)22(24(30)27-23)14-25-18-5-3-7-20(29)13-18/h2-9,11-14,25,29H,10H2,1H3,(H,26,28)(H,27,30). The van der Waals surface area contributed by atoms with Crippen LogP contribution in [0.15, 0.2) is 72.9 Å². The minimum Gasteiger partial charge on any atom is -0.508 e. The van der Waals surface area contributed by atoms with Crippen LogP contribution in [0.2, 0.25) is 0 Å². The lowest BCUT2D eigenvalue weighted by molar-refractivity contribution is -0.114. The smallest absolute Gasteiger partial charge is 0.257 e. The first-order valence-electron chi connectivity index (χ1n) is 9.55. The van der Waals surface area contributed by atoms with E-state index in [9.17, 15) is 14.7 Å². The zero-order valence-electron chi connectivity index (χ0n) is 16.4. The van der Waals surface area contributed by atoms with E-state index >= 15 is 0 Å². The zero-order chi connectivity index (χ0) is 21.1. The largest absolute Gasteiger partial charge is 0.508 e. The highest BCUT2D eigenvalue weighted by Crippen LogP contribution is 2.33.